The number of anilines is 1. The quantitative estimate of drug-likeness (QED) is 0.655. The normalized spacial score (nSPS) is 11.2. The molecule has 10 heteroatoms. The van der Waals surface area contributed by atoms with Gasteiger partial charge in [0.15, 0.2) is 5.69 Å². The minimum atomic E-state index is -4.92. The first-order chi connectivity index (χ1) is 11.1. The fourth-order valence-electron chi connectivity index (χ4n) is 2.06. The van der Waals surface area contributed by atoms with E-state index in [1.165, 1.54) is 0 Å². The SMILES string of the molecule is COC(=O)c1c(N)c(C#N)cn1-c1cc(F)cc(C(F)(F)F)c1Cl. The van der Waals surface area contributed by atoms with Crippen LogP contribution in [0.4, 0.5) is 23.2 Å². The Kier molecular flexibility index (Phi) is 4.44. The molecule has 0 saturated carbocycles. The van der Waals surface area contributed by atoms with Gasteiger partial charge in [0.2, 0.25) is 0 Å². The van der Waals surface area contributed by atoms with E-state index in [1.807, 2.05) is 0 Å². The maximum atomic E-state index is 13.6. The monoisotopic (exact) mass is 361 g/mol. The molecule has 1 heterocycles. The van der Waals surface area contributed by atoms with Crippen molar-refractivity contribution in [2.45, 2.75) is 6.18 Å². The minimum Gasteiger partial charge on any atom is -0.464 e. The number of alkyl halides is 3. The fraction of sp³-hybridized carbons (Fsp3) is 0.143. The van der Waals surface area contributed by atoms with Gasteiger partial charge in [0, 0.05) is 6.20 Å². The van der Waals surface area contributed by atoms with Crippen LogP contribution in [0.5, 0.6) is 0 Å². The Bertz CT molecular complexity index is 868. The van der Waals surface area contributed by atoms with E-state index in [9.17, 15) is 22.4 Å². The molecule has 2 N–H and O–H groups in total. The average Bonchev–Trinajstić information content (AvgIpc) is 2.84. The summed E-state index contributed by atoms with van der Waals surface area (Å²) in [6.07, 6.45) is -3.95. The summed E-state index contributed by atoms with van der Waals surface area (Å²) in [5, 5.41) is 8.13. The fourth-order valence-corrected chi connectivity index (χ4v) is 2.37. The first kappa shape index (κ1) is 17.6. The second kappa shape index (κ2) is 6.05. The zero-order chi connectivity index (χ0) is 18.2. The lowest BCUT2D eigenvalue weighted by Gasteiger charge is -2.15. The summed E-state index contributed by atoms with van der Waals surface area (Å²) in [7, 11) is 1.01. The van der Waals surface area contributed by atoms with Crippen LogP contribution in [0.15, 0.2) is 18.3 Å². The number of nitriles is 1. The molecule has 2 aromatic rings. The lowest BCUT2D eigenvalue weighted by Crippen LogP contribution is -2.13. The first-order valence-corrected chi connectivity index (χ1v) is 6.55. The van der Waals surface area contributed by atoms with Crippen LogP contribution in [-0.2, 0) is 10.9 Å². The van der Waals surface area contributed by atoms with Crippen LogP contribution < -0.4 is 5.73 Å². The molecule has 0 aliphatic rings. The molecular formula is C14H8ClF4N3O2. The number of ether oxygens (including phenoxy) is 1. The van der Waals surface area contributed by atoms with E-state index in [1.54, 1.807) is 6.07 Å². The molecule has 0 radical (unpaired) electrons. The van der Waals surface area contributed by atoms with Crippen LogP contribution in [0.2, 0.25) is 5.02 Å². The van der Waals surface area contributed by atoms with Crippen molar-refractivity contribution in [2.75, 3.05) is 12.8 Å². The van der Waals surface area contributed by atoms with Gasteiger partial charge in [-0.1, -0.05) is 11.6 Å². The summed E-state index contributed by atoms with van der Waals surface area (Å²) in [4.78, 5) is 11.8. The summed E-state index contributed by atoms with van der Waals surface area (Å²) in [6.45, 7) is 0. The van der Waals surface area contributed by atoms with Crippen molar-refractivity contribution in [3.63, 3.8) is 0 Å². The molecule has 1 aromatic carbocycles. The van der Waals surface area contributed by atoms with Crippen LogP contribution in [0.1, 0.15) is 21.6 Å². The second-order valence-electron chi connectivity index (χ2n) is 4.56. The number of aromatic nitrogens is 1. The third-order valence-corrected chi connectivity index (χ3v) is 3.52. The van der Waals surface area contributed by atoms with Crippen LogP contribution in [0.25, 0.3) is 5.69 Å². The molecule has 1 aromatic heterocycles. The molecule has 126 valence electrons. The Morgan fingerprint density at radius 3 is 2.54 bits per heavy atom. The lowest BCUT2D eigenvalue weighted by molar-refractivity contribution is -0.137. The number of hydrogen-bond donors (Lipinski definition) is 1. The number of halogens is 5. The van der Waals surface area contributed by atoms with Crippen LogP contribution in [0, 0.1) is 17.1 Å². The molecule has 0 aliphatic heterocycles. The maximum Gasteiger partial charge on any atom is 0.418 e. The summed E-state index contributed by atoms with van der Waals surface area (Å²) in [5.74, 6) is -2.26. The average molecular weight is 362 g/mol. The van der Waals surface area contributed by atoms with Crippen molar-refractivity contribution in [1.82, 2.24) is 4.57 Å². The highest BCUT2D eigenvalue weighted by atomic mass is 35.5. The summed E-state index contributed by atoms with van der Waals surface area (Å²) in [6, 6.07) is 2.58. The van der Waals surface area contributed by atoms with Gasteiger partial charge in [-0.15, -0.1) is 0 Å². The molecule has 2 rings (SSSR count). The van der Waals surface area contributed by atoms with Gasteiger partial charge < -0.3 is 15.0 Å². The van der Waals surface area contributed by atoms with E-state index in [-0.39, 0.29) is 17.3 Å². The number of esters is 1. The molecule has 0 atom stereocenters. The van der Waals surface area contributed by atoms with E-state index in [0.717, 1.165) is 17.9 Å². The van der Waals surface area contributed by atoms with E-state index >= 15 is 0 Å². The van der Waals surface area contributed by atoms with Gasteiger partial charge in [-0.05, 0) is 12.1 Å². The Morgan fingerprint density at radius 1 is 1.42 bits per heavy atom. The van der Waals surface area contributed by atoms with Gasteiger partial charge in [-0.25, -0.2) is 9.18 Å². The summed E-state index contributed by atoms with van der Waals surface area (Å²) in [5.41, 5.74) is 2.74. The largest absolute Gasteiger partial charge is 0.464 e. The van der Waals surface area contributed by atoms with Crippen molar-refractivity contribution in [3.05, 3.63) is 46.0 Å². The van der Waals surface area contributed by atoms with Gasteiger partial charge in [0.05, 0.1) is 34.6 Å². The van der Waals surface area contributed by atoms with E-state index < -0.39 is 39.9 Å². The molecule has 5 nitrogen and oxygen atoms in total. The van der Waals surface area contributed by atoms with Crippen molar-refractivity contribution in [2.24, 2.45) is 0 Å². The Morgan fingerprint density at radius 2 is 2.04 bits per heavy atom. The molecule has 24 heavy (non-hydrogen) atoms. The first-order valence-electron chi connectivity index (χ1n) is 6.17. The highest BCUT2D eigenvalue weighted by Gasteiger charge is 2.36. The number of nitrogens with zero attached hydrogens (tertiary/aromatic N) is 2. The van der Waals surface area contributed by atoms with Crippen molar-refractivity contribution < 1.29 is 27.1 Å². The zero-order valence-electron chi connectivity index (χ0n) is 11.9. The van der Waals surface area contributed by atoms with Gasteiger partial charge in [0.25, 0.3) is 0 Å². The number of carbonyl (C=O) groups excluding carboxylic acids is 1. The second-order valence-corrected chi connectivity index (χ2v) is 4.94. The molecule has 0 bridgehead atoms. The number of benzene rings is 1. The molecular weight excluding hydrogens is 354 g/mol. The highest BCUT2D eigenvalue weighted by molar-refractivity contribution is 6.33. The third kappa shape index (κ3) is 2.88. The van der Waals surface area contributed by atoms with Crippen LogP contribution in [0.3, 0.4) is 0 Å². The van der Waals surface area contributed by atoms with Crippen LogP contribution in [-0.4, -0.2) is 17.6 Å². The van der Waals surface area contributed by atoms with Gasteiger partial charge in [0.1, 0.15) is 11.9 Å². The number of nitrogen functional groups attached to an aromatic ring is 1. The van der Waals surface area contributed by atoms with Crippen molar-refractivity contribution in [1.29, 1.82) is 5.26 Å². The van der Waals surface area contributed by atoms with Gasteiger partial charge >= 0.3 is 12.1 Å². The standard InChI is InChI=1S/C14H8ClF4N3O2/c1-24-13(23)12-11(21)6(4-20)5-22(12)9-3-7(16)2-8(10(9)15)14(17,18)19/h2-3,5H,21H2,1H3. The predicted octanol–water partition coefficient (Wildman–Crippen LogP) is 3.53. The number of rotatable bonds is 2. The lowest BCUT2D eigenvalue weighted by atomic mass is 10.1. The Hall–Kier alpha value is -2.73. The topological polar surface area (TPSA) is 81.0 Å². The number of hydrogen-bond acceptors (Lipinski definition) is 4. The summed E-state index contributed by atoms with van der Waals surface area (Å²) >= 11 is 5.74. The number of carbonyl (C=O) groups is 1. The molecule has 0 unspecified atom stereocenters. The van der Waals surface area contributed by atoms with Gasteiger partial charge in [-0.3, -0.25) is 0 Å². The van der Waals surface area contributed by atoms with E-state index in [0.29, 0.717) is 6.07 Å². The maximum absolute atomic E-state index is 13.6. The minimum absolute atomic E-state index is 0.204. The molecule has 0 saturated heterocycles. The van der Waals surface area contributed by atoms with Crippen molar-refractivity contribution >= 4 is 23.3 Å². The summed E-state index contributed by atoms with van der Waals surface area (Å²) < 4.78 is 57.8. The van der Waals surface area contributed by atoms with E-state index in [2.05, 4.69) is 4.74 Å². The third-order valence-electron chi connectivity index (χ3n) is 3.13. The van der Waals surface area contributed by atoms with Crippen LogP contribution >= 0.6 is 11.6 Å². The zero-order valence-corrected chi connectivity index (χ0v) is 12.7. The number of methoxy groups -OCH3 is 1. The van der Waals surface area contributed by atoms with E-state index in [4.69, 9.17) is 22.6 Å². The predicted molar refractivity (Wildman–Crippen MR) is 76.2 cm³/mol. The highest BCUT2D eigenvalue weighted by Crippen LogP contribution is 2.39. The van der Waals surface area contributed by atoms with Gasteiger partial charge in [-0.2, -0.15) is 18.4 Å². The molecule has 0 fully saturated rings. The van der Waals surface area contributed by atoms with Crippen molar-refractivity contribution in [3.8, 4) is 11.8 Å². The number of nitrogens with two attached hydrogens (primary N) is 1. The smallest absolute Gasteiger partial charge is 0.418 e. The molecule has 0 aliphatic carbocycles. The molecule has 0 spiro atoms. The molecule has 0 amide bonds. The Labute approximate surface area is 137 Å². The Balaban J connectivity index is 2.86.